The van der Waals surface area contributed by atoms with E-state index in [4.69, 9.17) is 0 Å². The summed E-state index contributed by atoms with van der Waals surface area (Å²) in [6, 6.07) is 0. The third-order valence-corrected chi connectivity index (χ3v) is 3.64. The molecule has 0 aromatic carbocycles. The van der Waals surface area contributed by atoms with E-state index in [2.05, 4.69) is 19.0 Å². The fraction of sp³-hybridized carbons (Fsp3) is 1.00. The molecule has 0 spiro atoms. The van der Waals surface area contributed by atoms with E-state index in [9.17, 15) is 5.11 Å². The van der Waals surface area contributed by atoms with Crippen LogP contribution in [-0.2, 0) is 0 Å². The van der Waals surface area contributed by atoms with Crippen molar-refractivity contribution in [2.24, 2.45) is 17.8 Å². The second kappa shape index (κ2) is 3.00. The van der Waals surface area contributed by atoms with Gasteiger partial charge in [-0.3, -0.25) is 0 Å². The molecule has 2 rings (SSSR count). The first-order valence-corrected chi connectivity index (χ1v) is 5.01. The van der Waals surface area contributed by atoms with Crippen molar-refractivity contribution in [2.45, 2.75) is 25.4 Å². The molecule has 0 radical (unpaired) electrons. The predicted molar refractivity (Wildman–Crippen MR) is 48.9 cm³/mol. The number of hydrogen-bond acceptors (Lipinski definition) is 2. The highest BCUT2D eigenvalue weighted by molar-refractivity contribution is 4.97. The average molecular weight is 169 g/mol. The van der Waals surface area contributed by atoms with E-state index in [1.807, 2.05) is 0 Å². The number of nitrogens with zero attached hydrogens (tertiary/aromatic N) is 1. The molecule has 2 aliphatic carbocycles. The lowest BCUT2D eigenvalue weighted by molar-refractivity contribution is 0.104. The van der Waals surface area contributed by atoms with Crippen molar-refractivity contribution < 1.29 is 5.11 Å². The minimum Gasteiger partial charge on any atom is -0.393 e. The van der Waals surface area contributed by atoms with Crippen LogP contribution in [0.2, 0.25) is 0 Å². The van der Waals surface area contributed by atoms with Gasteiger partial charge in [0.1, 0.15) is 0 Å². The Bertz CT molecular complexity index is 169. The first kappa shape index (κ1) is 8.52. The van der Waals surface area contributed by atoms with Gasteiger partial charge in [-0.2, -0.15) is 0 Å². The van der Waals surface area contributed by atoms with E-state index in [-0.39, 0.29) is 6.10 Å². The van der Waals surface area contributed by atoms with Crippen LogP contribution in [0.3, 0.4) is 0 Å². The topological polar surface area (TPSA) is 23.5 Å². The molecule has 0 aromatic heterocycles. The maximum Gasteiger partial charge on any atom is 0.0574 e. The molecule has 0 saturated heterocycles. The second-order valence-electron chi connectivity index (χ2n) is 4.73. The lowest BCUT2D eigenvalue weighted by atomic mass is 9.97. The van der Waals surface area contributed by atoms with Crippen molar-refractivity contribution in [1.29, 1.82) is 0 Å². The maximum atomic E-state index is 9.68. The maximum absolute atomic E-state index is 9.68. The number of hydrogen-bond donors (Lipinski definition) is 1. The summed E-state index contributed by atoms with van der Waals surface area (Å²) >= 11 is 0. The fourth-order valence-corrected chi connectivity index (χ4v) is 3.15. The van der Waals surface area contributed by atoms with Crippen molar-refractivity contribution in [3.63, 3.8) is 0 Å². The summed E-state index contributed by atoms with van der Waals surface area (Å²) in [6.45, 7) is 1.17. The molecule has 2 aliphatic rings. The summed E-state index contributed by atoms with van der Waals surface area (Å²) in [4.78, 5) is 2.26. The lowest BCUT2D eigenvalue weighted by Gasteiger charge is -2.20. The Morgan fingerprint density at radius 3 is 2.50 bits per heavy atom. The Morgan fingerprint density at radius 2 is 2.08 bits per heavy atom. The van der Waals surface area contributed by atoms with Gasteiger partial charge in [0.05, 0.1) is 6.10 Å². The van der Waals surface area contributed by atoms with E-state index < -0.39 is 0 Å². The Balaban J connectivity index is 1.99. The van der Waals surface area contributed by atoms with Gasteiger partial charge in [0.25, 0.3) is 0 Å². The van der Waals surface area contributed by atoms with Gasteiger partial charge >= 0.3 is 0 Å². The molecule has 0 aliphatic heterocycles. The van der Waals surface area contributed by atoms with Crippen molar-refractivity contribution in [3.8, 4) is 0 Å². The third-order valence-electron chi connectivity index (χ3n) is 3.64. The van der Waals surface area contributed by atoms with Gasteiger partial charge in [0.15, 0.2) is 0 Å². The standard InChI is InChI=1S/C10H19NO/c1-11(2)6-9-7-3-4-8(9)10(12)5-7/h7-10,12H,3-6H2,1-2H3. The van der Waals surface area contributed by atoms with E-state index >= 15 is 0 Å². The summed E-state index contributed by atoms with van der Waals surface area (Å²) in [5.74, 6) is 2.24. The lowest BCUT2D eigenvalue weighted by Crippen LogP contribution is -2.26. The molecule has 2 heteroatoms. The number of rotatable bonds is 2. The van der Waals surface area contributed by atoms with E-state index in [0.29, 0.717) is 5.92 Å². The van der Waals surface area contributed by atoms with Gasteiger partial charge in [-0.25, -0.2) is 0 Å². The van der Waals surface area contributed by atoms with E-state index in [1.54, 1.807) is 0 Å². The zero-order valence-corrected chi connectivity index (χ0v) is 8.03. The van der Waals surface area contributed by atoms with E-state index in [1.165, 1.54) is 19.4 Å². The molecule has 70 valence electrons. The zero-order valence-electron chi connectivity index (χ0n) is 8.03. The molecule has 1 N–H and O–H groups in total. The average Bonchev–Trinajstić information content (AvgIpc) is 2.44. The van der Waals surface area contributed by atoms with Crippen LogP contribution in [0.1, 0.15) is 19.3 Å². The smallest absolute Gasteiger partial charge is 0.0574 e. The number of fused-ring (bicyclic) bond motifs is 2. The van der Waals surface area contributed by atoms with Gasteiger partial charge in [-0.05, 0) is 51.1 Å². The summed E-state index contributed by atoms with van der Waals surface area (Å²) in [5.41, 5.74) is 0. The first-order chi connectivity index (χ1) is 5.68. The largest absolute Gasteiger partial charge is 0.393 e. The first-order valence-electron chi connectivity index (χ1n) is 5.01. The highest BCUT2D eigenvalue weighted by atomic mass is 16.3. The molecule has 0 heterocycles. The summed E-state index contributed by atoms with van der Waals surface area (Å²) in [6.07, 6.45) is 3.72. The van der Waals surface area contributed by atoms with Gasteiger partial charge < -0.3 is 10.0 Å². The van der Waals surface area contributed by atoms with Gasteiger partial charge in [-0.15, -0.1) is 0 Å². The molecule has 12 heavy (non-hydrogen) atoms. The Hall–Kier alpha value is -0.0800. The molecular weight excluding hydrogens is 150 g/mol. The number of aliphatic hydroxyl groups excluding tert-OH is 1. The van der Waals surface area contributed by atoms with Gasteiger partial charge in [0, 0.05) is 6.54 Å². The Kier molecular flexibility index (Phi) is 2.13. The normalized spacial score (nSPS) is 46.0. The Labute approximate surface area is 74.6 Å². The third kappa shape index (κ3) is 1.27. The van der Waals surface area contributed by atoms with E-state index in [0.717, 1.165) is 18.3 Å². The molecular formula is C10H19NO. The fourth-order valence-electron chi connectivity index (χ4n) is 3.15. The summed E-state index contributed by atoms with van der Waals surface area (Å²) < 4.78 is 0. The SMILES string of the molecule is CN(C)CC1C2CCC1C(O)C2. The van der Waals surface area contributed by atoms with Crippen LogP contribution in [0.4, 0.5) is 0 Å². The monoisotopic (exact) mass is 169 g/mol. The summed E-state index contributed by atoms with van der Waals surface area (Å²) in [5, 5.41) is 9.68. The molecule has 4 atom stereocenters. The molecule has 4 unspecified atom stereocenters. The molecule has 0 aromatic rings. The number of aliphatic hydroxyl groups is 1. The summed E-state index contributed by atoms with van der Waals surface area (Å²) in [7, 11) is 4.26. The highest BCUT2D eigenvalue weighted by Gasteiger charge is 2.46. The second-order valence-corrected chi connectivity index (χ2v) is 4.73. The molecule has 2 bridgehead atoms. The zero-order chi connectivity index (χ0) is 8.72. The minimum absolute atomic E-state index is 0.0219. The van der Waals surface area contributed by atoms with Crippen molar-refractivity contribution in [3.05, 3.63) is 0 Å². The Morgan fingerprint density at radius 1 is 1.33 bits per heavy atom. The van der Waals surface area contributed by atoms with Crippen LogP contribution in [0.25, 0.3) is 0 Å². The van der Waals surface area contributed by atoms with Crippen molar-refractivity contribution in [2.75, 3.05) is 20.6 Å². The van der Waals surface area contributed by atoms with Crippen LogP contribution < -0.4 is 0 Å². The van der Waals surface area contributed by atoms with Crippen LogP contribution in [0, 0.1) is 17.8 Å². The predicted octanol–water partition coefficient (Wildman–Crippen LogP) is 0.955. The molecule has 2 fully saturated rings. The van der Waals surface area contributed by atoms with Crippen LogP contribution in [0.15, 0.2) is 0 Å². The molecule has 2 nitrogen and oxygen atoms in total. The van der Waals surface area contributed by atoms with Crippen LogP contribution >= 0.6 is 0 Å². The molecule has 0 amide bonds. The van der Waals surface area contributed by atoms with Gasteiger partial charge in [0.2, 0.25) is 0 Å². The van der Waals surface area contributed by atoms with Crippen molar-refractivity contribution >= 4 is 0 Å². The quantitative estimate of drug-likeness (QED) is 0.665. The van der Waals surface area contributed by atoms with Gasteiger partial charge in [-0.1, -0.05) is 0 Å². The van der Waals surface area contributed by atoms with Crippen LogP contribution in [0.5, 0.6) is 0 Å². The molecule has 2 saturated carbocycles. The van der Waals surface area contributed by atoms with Crippen LogP contribution in [-0.4, -0.2) is 36.8 Å². The minimum atomic E-state index is 0.0219. The highest BCUT2D eigenvalue weighted by Crippen LogP contribution is 2.49. The van der Waals surface area contributed by atoms with Crippen molar-refractivity contribution in [1.82, 2.24) is 4.90 Å².